The summed E-state index contributed by atoms with van der Waals surface area (Å²) < 4.78 is 45.6. The van der Waals surface area contributed by atoms with Gasteiger partial charge >= 0.3 is 0 Å². The smallest absolute Gasteiger partial charge is 0.210 e. The summed E-state index contributed by atoms with van der Waals surface area (Å²) in [5.41, 5.74) is 1.70. The zero-order valence-electron chi connectivity index (χ0n) is 19.7. The molecule has 0 aliphatic carbocycles. The molecule has 0 unspecified atom stereocenters. The third-order valence-electron chi connectivity index (χ3n) is 5.58. The average Bonchev–Trinajstić information content (AvgIpc) is 2.88. The Labute approximate surface area is 227 Å². The van der Waals surface area contributed by atoms with E-state index in [1.165, 1.54) is 30.3 Å². The van der Waals surface area contributed by atoms with Crippen LogP contribution in [0.2, 0.25) is 5.02 Å². The van der Waals surface area contributed by atoms with Crippen molar-refractivity contribution < 1.29 is 22.7 Å². The van der Waals surface area contributed by atoms with Crippen molar-refractivity contribution in [3.8, 4) is 11.5 Å². The lowest BCUT2D eigenvalue weighted by Crippen LogP contribution is -2.23. The maximum Gasteiger partial charge on any atom is 0.210 e. The van der Waals surface area contributed by atoms with Crippen LogP contribution in [0.1, 0.15) is 17.2 Å². The fraction of sp³-hybridized carbons (Fsp3) is 0.143. The van der Waals surface area contributed by atoms with E-state index < -0.39 is 21.8 Å². The van der Waals surface area contributed by atoms with Gasteiger partial charge in [0.15, 0.2) is 0 Å². The second kappa shape index (κ2) is 13.0. The molecule has 0 aliphatic heterocycles. The van der Waals surface area contributed by atoms with Crippen LogP contribution in [-0.2, 0) is 16.3 Å². The number of aliphatic hydroxyl groups excluding tert-OH is 1. The van der Waals surface area contributed by atoms with Gasteiger partial charge in [-0.15, -0.1) is 12.4 Å². The van der Waals surface area contributed by atoms with Crippen LogP contribution in [0.3, 0.4) is 0 Å². The third-order valence-corrected chi connectivity index (χ3v) is 7.62. The SMILES string of the molecule is Cl.O=S(=O)(c1ccc(CCNC[C@H](O)c2cccc(Cl)c2)cc1)c1ccccc1Oc1ccc(F)cc1. The van der Waals surface area contributed by atoms with Crippen molar-refractivity contribution in [3.63, 3.8) is 0 Å². The summed E-state index contributed by atoms with van der Waals surface area (Å²) in [6, 6.07) is 25.5. The molecule has 2 N–H and O–H groups in total. The number of nitrogens with one attached hydrogen (secondary N) is 1. The van der Waals surface area contributed by atoms with Gasteiger partial charge in [-0.05, 0) is 84.8 Å². The van der Waals surface area contributed by atoms with E-state index in [2.05, 4.69) is 5.32 Å². The molecule has 0 bridgehead atoms. The van der Waals surface area contributed by atoms with Crippen molar-refractivity contribution >= 4 is 33.8 Å². The van der Waals surface area contributed by atoms with Gasteiger partial charge in [-0.2, -0.15) is 0 Å². The fourth-order valence-electron chi connectivity index (χ4n) is 3.65. The Morgan fingerprint density at radius 1 is 0.919 bits per heavy atom. The fourth-order valence-corrected chi connectivity index (χ4v) is 5.23. The summed E-state index contributed by atoms with van der Waals surface area (Å²) in [6.07, 6.45) is -0.0132. The molecule has 0 spiro atoms. The van der Waals surface area contributed by atoms with Crippen LogP contribution in [0.25, 0.3) is 0 Å². The van der Waals surface area contributed by atoms with Crippen molar-refractivity contribution in [2.75, 3.05) is 13.1 Å². The van der Waals surface area contributed by atoms with Gasteiger partial charge in [0.25, 0.3) is 0 Å². The number of halogens is 3. The van der Waals surface area contributed by atoms with Crippen LogP contribution in [0.5, 0.6) is 11.5 Å². The lowest BCUT2D eigenvalue weighted by Gasteiger charge is -2.13. The molecule has 9 heteroatoms. The van der Waals surface area contributed by atoms with Crippen molar-refractivity contribution in [2.24, 2.45) is 0 Å². The zero-order chi connectivity index (χ0) is 25.5. The molecule has 37 heavy (non-hydrogen) atoms. The van der Waals surface area contributed by atoms with Gasteiger partial charge in [-0.1, -0.05) is 48.0 Å². The van der Waals surface area contributed by atoms with Gasteiger partial charge in [0.1, 0.15) is 22.2 Å². The number of para-hydroxylation sites is 1. The largest absolute Gasteiger partial charge is 0.456 e. The molecule has 4 aromatic rings. The number of ether oxygens (including phenoxy) is 1. The molecule has 0 heterocycles. The number of hydrogen-bond acceptors (Lipinski definition) is 5. The number of sulfone groups is 1. The van der Waals surface area contributed by atoms with Crippen LogP contribution in [0, 0.1) is 5.82 Å². The van der Waals surface area contributed by atoms with Crippen LogP contribution in [0.15, 0.2) is 107 Å². The Morgan fingerprint density at radius 2 is 1.62 bits per heavy atom. The molecule has 0 amide bonds. The molecule has 194 valence electrons. The lowest BCUT2D eigenvalue weighted by molar-refractivity contribution is 0.175. The van der Waals surface area contributed by atoms with Crippen molar-refractivity contribution in [2.45, 2.75) is 22.3 Å². The summed E-state index contributed by atoms with van der Waals surface area (Å²) in [4.78, 5) is 0.171. The monoisotopic (exact) mass is 561 g/mol. The predicted octanol–water partition coefficient (Wildman–Crippen LogP) is 6.39. The molecule has 0 aliphatic rings. The highest BCUT2D eigenvalue weighted by Gasteiger charge is 2.22. The van der Waals surface area contributed by atoms with E-state index in [1.54, 1.807) is 60.7 Å². The van der Waals surface area contributed by atoms with Gasteiger partial charge in [0.2, 0.25) is 9.84 Å². The summed E-state index contributed by atoms with van der Waals surface area (Å²) >= 11 is 5.97. The summed E-state index contributed by atoms with van der Waals surface area (Å²) in [5.74, 6) is 0.0915. The zero-order valence-corrected chi connectivity index (χ0v) is 22.1. The molecule has 4 aromatic carbocycles. The number of benzene rings is 4. The second-order valence-corrected chi connectivity index (χ2v) is 10.5. The summed E-state index contributed by atoms with van der Waals surface area (Å²) in [7, 11) is -3.84. The Bertz CT molecular complexity index is 1420. The van der Waals surface area contributed by atoms with E-state index in [4.69, 9.17) is 16.3 Å². The Kier molecular flexibility index (Phi) is 10.1. The Hall–Kier alpha value is -2.94. The van der Waals surface area contributed by atoms with Gasteiger partial charge in [-0.25, -0.2) is 12.8 Å². The quantitative estimate of drug-likeness (QED) is 0.219. The third kappa shape index (κ3) is 7.53. The minimum Gasteiger partial charge on any atom is -0.456 e. The number of hydrogen-bond donors (Lipinski definition) is 2. The van der Waals surface area contributed by atoms with Crippen LogP contribution in [-0.4, -0.2) is 26.6 Å². The Balaban J connectivity index is 0.00000380. The van der Waals surface area contributed by atoms with Crippen molar-refractivity contribution in [3.05, 3.63) is 119 Å². The van der Waals surface area contributed by atoms with Crippen LogP contribution < -0.4 is 10.1 Å². The number of rotatable bonds is 10. The van der Waals surface area contributed by atoms with Gasteiger partial charge in [0.05, 0.1) is 11.0 Å². The second-order valence-electron chi connectivity index (χ2n) is 8.18. The highest BCUT2D eigenvalue weighted by atomic mass is 35.5. The van der Waals surface area contributed by atoms with Gasteiger partial charge < -0.3 is 15.2 Å². The predicted molar refractivity (Wildman–Crippen MR) is 145 cm³/mol. The first kappa shape index (κ1) is 28.6. The van der Waals surface area contributed by atoms with E-state index in [-0.39, 0.29) is 27.9 Å². The minimum atomic E-state index is -3.84. The molecule has 0 aromatic heterocycles. The normalized spacial score (nSPS) is 12.0. The first-order chi connectivity index (χ1) is 17.3. The maximum atomic E-state index is 13.3. The number of aliphatic hydroxyl groups is 1. The van der Waals surface area contributed by atoms with Crippen molar-refractivity contribution in [1.29, 1.82) is 0 Å². The molecule has 4 rings (SSSR count). The molecule has 5 nitrogen and oxygen atoms in total. The molecule has 0 fully saturated rings. The lowest BCUT2D eigenvalue weighted by atomic mass is 10.1. The molecular weight excluding hydrogens is 536 g/mol. The Morgan fingerprint density at radius 3 is 2.32 bits per heavy atom. The first-order valence-corrected chi connectivity index (χ1v) is 13.2. The molecule has 0 saturated carbocycles. The minimum absolute atomic E-state index is 0. The first-order valence-electron chi connectivity index (χ1n) is 11.3. The molecule has 0 radical (unpaired) electrons. The van der Waals surface area contributed by atoms with Crippen LogP contribution >= 0.6 is 24.0 Å². The average molecular weight is 562 g/mol. The van der Waals surface area contributed by atoms with Gasteiger partial charge in [0, 0.05) is 11.6 Å². The highest BCUT2D eigenvalue weighted by Crippen LogP contribution is 2.32. The van der Waals surface area contributed by atoms with E-state index >= 15 is 0 Å². The highest BCUT2D eigenvalue weighted by molar-refractivity contribution is 7.91. The van der Waals surface area contributed by atoms with E-state index in [0.29, 0.717) is 30.3 Å². The molecule has 0 saturated heterocycles. The standard InChI is InChI=1S/C28H25ClFNO4S.ClH/c29-22-5-3-4-21(18-22)26(32)19-31-17-16-20-8-14-25(15-9-20)36(33,34)28-7-2-1-6-27(28)35-24-12-10-23(30)11-13-24;/h1-15,18,26,31-32H,16-17,19H2;1H/t26-;/m0./s1. The molecule has 1 atom stereocenters. The molecular formula is C28H26Cl2FNO4S. The van der Waals surface area contributed by atoms with Crippen LogP contribution in [0.4, 0.5) is 4.39 Å². The maximum absolute atomic E-state index is 13.3. The van der Waals surface area contributed by atoms with E-state index in [1.807, 2.05) is 6.07 Å². The van der Waals surface area contributed by atoms with E-state index in [9.17, 15) is 17.9 Å². The summed E-state index contributed by atoms with van der Waals surface area (Å²) in [5, 5.41) is 14.1. The van der Waals surface area contributed by atoms with Gasteiger partial charge in [-0.3, -0.25) is 0 Å². The summed E-state index contributed by atoms with van der Waals surface area (Å²) in [6.45, 7) is 0.982. The van der Waals surface area contributed by atoms with E-state index in [0.717, 1.165) is 11.1 Å². The van der Waals surface area contributed by atoms with Crippen molar-refractivity contribution in [1.82, 2.24) is 5.32 Å². The topological polar surface area (TPSA) is 75.6 Å².